The predicted molar refractivity (Wildman–Crippen MR) is 227 cm³/mol. The van der Waals surface area contributed by atoms with Crippen LogP contribution in [-0.2, 0) is 0 Å². The zero-order valence-electron chi connectivity index (χ0n) is 28.8. The third-order valence-corrected chi connectivity index (χ3v) is 17.3. The number of hydrogen-bond donors (Lipinski definition) is 0. The Hall–Kier alpha value is -6.01. The summed E-state index contributed by atoms with van der Waals surface area (Å²) in [7, 11) is -2.71. The van der Waals surface area contributed by atoms with Gasteiger partial charge < -0.3 is 9.30 Å². The van der Waals surface area contributed by atoms with E-state index < -0.39 is 8.07 Å². The number of para-hydroxylation sites is 3. The van der Waals surface area contributed by atoms with Gasteiger partial charge >= 0.3 is 0 Å². The van der Waals surface area contributed by atoms with E-state index in [0.29, 0.717) is 0 Å². The topological polar surface area (TPSA) is 14.2 Å². The van der Waals surface area contributed by atoms with Crippen LogP contribution < -0.4 is 36.4 Å². The van der Waals surface area contributed by atoms with Crippen molar-refractivity contribution in [2.24, 2.45) is 0 Å². The van der Waals surface area contributed by atoms with E-state index in [9.17, 15) is 0 Å². The molecule has 0 radical (unpaired) electrons. The van der Waals surface area contributed by atoms with Crippen LogP contribution >= 0.6 is 11.6 Å². The first kappa shape index (κ1) is 30.6. The first-order valence-electron chi connectivity index (χ1n) is 18.2. The van der Waals surface area contributed by atoms with Crippen LogP contribution in [0.4, 0.5) is 0 Å². The summed E-state index contributed by atoms with van der Waals surface area (Å²) in [6, 6.07) is 71.7. The molecule has 1 aromatic heterocycles. The molecule has 3 heterocycles. The highest BCUT2D eigenvalue weighted by Gasteiger charge is 2.44. The summed E-state index contributed by atoms with van der Waals surface area (Å²) in [4.78, 5) is 1.31. The van der Waals surface area contributed by atoms with Crippen LogP contribution in [0.5, 0.6) is 11.5 Å². The van der Waals surface area contributed by atoms with Gasteiger partial charge in [0, 0.05) is 21.7 Å². The zero-order chi connectivity index (χ0) is 34.9. The third-order valence-electron chi connectivity index (χ3n) is 11.2. The number of aromatic nitrogens is 1. The first-order valence-corrected chi connectivity index (χ1v) is 21.1. The van der Waals surface area contributed by atoms with Gasteiger partial charge in [-0.1, -0.05) is 158 Å². The number of benzene rings is 8. The summed E-state index contributed by atoms with van der Waals surface area (Å²) < 4.78 is 9.24. The van der Waals surface area contributed by atoms with Gasteiger partial charge in [0.1, 0.15) is 11.5 Å². The SMILES string of the molecule is c1ccc([Si](c2ccccc2)(c2ccccc2)c2ccc3c(c2)SB2c4ccccc4Oc4cc(-n5c6ccccc6c6ccccc65)cc-3c42)cc1. The number of nitrogens with zero attached hydrogens (tertiary/aromatic N) is 1. The summed E-state index contributed by atoms with van der Waals surface area (Å²) in [5.74, 6) is 1.98. The summed E-state index contributed by atoms with van der Waals surface area (Å²) in [5.41, 5.74) is 8.48. The summed E-state index contributed by atoms with van der Waals surface area (Å²) >= 11 is 1.97. The first-order chi connectivity index (χ1) is 26.3. The Balaban J connectivity index is 1.19. The average molecular weight is 710 g/mol. The lowest BCUT2D eigenvalue weighted by Gasteiger charge is -2.36. The molecule has 53 heavy (non-hydrogen) atoms. The molecule has 0 saturated carbocycles. The number of ether oxygens (including phenoxy) is 1. The second-order valence-electron chi connectivity index (χ2n) is 14.0. The van der Waals surface area contributed by atoms with Crippen molar-refractivity contribution in [3.8, 4) is 28.3 Å². The smallest absolute Gasteiger partial charge is 0.289 e. The lowest BCUT2D eigenvalue weighted by Crippen LogP contribution is -2.74. The van der Waals surface area contributed by atoms with Gasteiger partial charge in [0.15, 0.2) is 8.07 Å². The monoisotopic (exact) mass is 709 g/mol. The molecule has 0 fully saturated rings. The standard InChI is InChI=1S/C48H32BNOSSi/c1-4-16-34(17-5-1)53(35-18-6-2-7-19-35,36-20-8-3-9-21-36)37-28-29-40-41-30-33(50-43-25-13-10-22-38(43)39-23-11-14-26-44(39)50)31-46-48(41)49(52-47(40)32-37)42-24-12-15-27-45(42)51-46/h1-32H. The molecule has 0 bridgehead atoms. The molecule has 0 unspecified atom stereocenters. The molecule has 0 amide bonds. The van der Waals surface area contributed by atoms with Gasteiger partial charge in [-0.2, -0.15) is 11.6 Å². The second-order valence-corrected chi connectivity index (χ2v) is 18.9. The highest BCUT2D eigenvalue weighted by molar-refractivity contribution is 8.28. The molecule has 8 aromatic carbocycles. The van der Waals surface area contributed by atoms with Gasteiger partial charge in [0.2, 0.25) is 0 Å². The minimum atomic E-state index is -2.71. The highest BCUT2D eigenvalue weighted by Crippen LogP contribution is 2.44. The minimum absolute atomic E-state index is 0.112. The van der Waals surface area contributed by atoms with Crippen LogP contribution in [0.25, 0.3) is 38.6 Å². The lowest BCUT2D eigenvalue weighted by molar-refractivity contribution is 0.487. The Labute approximate surface area is 314 Å². The summed E-state index contributed by atoms with van der Waals surface area (Å²) in [5, 5.41) is 8.03. The van der Waals surface area contributed by atoms with Crippen LogP contribution in [0.15, 0.2) is 199 Å². The minimum Gasteiger partial charge on any atom is -0.458 e. The van der Waals surface area contributed by atoms with Gasteiger partial charge in [0.25, 0.3) is 5.99 Å². The molecule has 0 N–H and O–H groups in total. The van der Waals surface area contributed by atoms with E-state index in [4.69, 9.17) is 4.74 Å². The van der Waals surface area contributed by atoms with E-state index in [1.54, 1.807) is 0 Å². The van der Waals surface area contributed by atoms with Crippen LogP contribution in [0, 0.1) is 0 Å². The Morgan fingerprint density at radius 2 is 1.00 bits per heavy atom. The largest absolute Gasteiger partial charge is 0.458 e. The fraction of sp³-hybridized carbons (Fsp3) is 0. The molecule has 0 aliphatic carbocycles. The van der Waals surface area contributed by atoms with Crippen LogP contribution in [0.2, 0.25) is 0 Å². The van der Waals surface area contributed by atoms with Crippen LogP contribution in [0.3, 0.4) is 0 Å². The highest BCUT2D eigenvalue weighted by atomic mass is 32.2. The number of fused-ring (bicyclic) bond motifs is 7. The number of hydrogen-bond acceptors (Lipinski definition) is 2. The van der Waals surface area contributed by atoms with Crippen molar-refractivity contribution in [3.05, 3.63) is 194 Å². The molecule has 2 aliphatic rings. The van der Waals surface area contributed by atoms with Crippen molar-refractivity contribution >= 4 is 79.2 Å². The summed E-state index contributed by atoms with van der Waals surface area (Å²) in [6.07, 6.45) is 0. The van der Waals surface area contributed by atoms with Gasteiger partial charge in [-0.3, -0.25) is 0 Å². The van der Waals surface area contributed by atoms with Gasteiger partial charge in [-0.25, -0.2) is 0 Å². The molecule has 0 spiro atoms. The van der Waals surface area contributed by atoms with E-state index >= 15 is 0 Å². The van der Waals surface area contributed by atoms with Crippen molar-refractivity contribution in [1.29, 1.82) is 0 Å². The van der Waals surface area contributed by atoms with Crippen LogP contribution in [-0.4, -0.2) is 18.6 Å². The number of rotatable bonds is 5. The van der Waals surface area contributed by atoms with Crippen molar-refractivity contribution in [3.63, 3.8) is 0 Å². The maximum atomic E-state index is 6.83. The molecule has 2 nitrogen and oxygen atoms in total. The van der Waals surface area contributed by atoms with E-state index in [2.05, 4.69) is 199 Å². The maximum Gasteiger partial charge on any atom is 0.289 e. The summed E-state index contributed by atoms with van der Waals surface area (Å²) in [6.45, 7) is 0. The molecule has 2 aliphatic heterocycles. The Morgan fingerprint density at radius 1 is 0.453 bits per heavy atom. The lowest BCUT2D eigenvalue weighted by atomic mass is 9.57. The molecular formula is C48H32BNOSSi. The van der Waals surface area contributed by atoms with E-state index in [1.807, 2.05) is 11.6 Å². The predicted octanol–water partition coefficient (Wildman–Crippen LogP) is 8.15. The second kappa shape index (κ2) is 12.0. The van der Waals surface area contributed by atoms with Crippen molar-refractivity contribution < 1.29 is 4.74 Å². The normalized spacial score (nSPS) is 12.9. The van der Waals surface area contributed by atoms with Crippen molar-refractivity contribution in [2.75, 3.05) is 0 Å². The Bertz CT molecular complexity index is 2700. The molecule has 5 heteroatoms. The van der Waals surface area contributed by atoms with E-state index in [0.717, 1.165) is 17.2 Å². The molecule has 0 saturated heterocycles. The molecule has 11 rings (SSSR count). The maximum absolute atomic E-state index is 6.83. The van der Waals surface area contributed by atoms with Gasteiger partial charge in [0.05, 0.1) is 16.7 Å². The molecular weight excluding hydrogens is 677 g/mol. The quantitative estimate of drug-likeness (QED) is 0.132. The van der Waals surface area contributed by atoms with E-state index in [-0.39, 0.29) is 5.99 Å². The van der Waals surface area contributed by atoms with Crippen molar-refractivity contribution in [2.45, 2.75) is 4.90 Å². The zero-order valence-corrected chi connectivity index (χ0v) is 30.6. The Kier molecular flexibility index (Phi) is 6.94. The molecule has 0 atom stereocenters. The fourth-order valence-corrected chi connectivity index (χ4v) is 15.3. The molecule has 248 valence electrons. The van der Waals surface area contributed by atoms with Gasteiger partial charge in [-0.05, 0) is 73.1 Å². The van der Waals surface area contributed by atoms with Crippen molar-refractivity contribution in [1.82, 2.24) is 4.57 Å². The van der Waals surface area contributed by atoms with Gasteiger partial charge in [-0.15, -0.1) is 0 Å². The Morgan fingerprint density at radius 3 is 1.62 bits per heavy atom. The van der Waals surface area contributed by atoms with Crippen LogP contribution in [0.1, 0.15) is 0 Å². The average Bonchev–Trinajstić information content (AvgIpc) is 3.57. The van der Waals surface area contributed by atoms with E-state index in [1.165, 1.54) is 69.5 Å². The third kappa shape index (κ3) is 4.54. The molecule has 9 aromatic rings. The fourth-order valence-electron chi connectivity index (χ4n) is 8.97.